The molecule has 0 aromatic heterocycles. The fourth-order valence-corrected chi connectivity index (χ4v) is 0.704. The maximum absolute atomic E-state index is 11.8. The zero-order chi connectivity index (χ0) is 9.94. The maximum atomic E-state index is 11.8. The lowest BCUT2D eigenvalue weighted by molar-refractivity contribution is -0.183. The van der Waals surface area contributed by atoms with Crippen molar-refractivity contribution in [3.63, 3.8) is 0 Å². The van der Waals surface area contributed by atoms with Crippen LogP contribution in [0.1, 0.15) is 6.92 Å². The lowest BCUT2D eigenvalue weighted by Gasteiger charge is -2.28. The topological polar surface area (TPSA) is 23.6 Å². The number of carbonyl (C=O) groups is 1. The normalized spacial score (nSPS) is 11.9. The first-order valence-electron chi connectivity index (χ1n) is 3.26. The molecule has 0 atom stereocenters. The molecular formula is C6H11F3N2O. The third kappa shape index (κ3) is 4.17. The average molecular weight is 184 g/mol. The van der Waals surface area contributed by atoms with Crippen molar-refractivity contribution < 1.29 is 18.0 Å². The molecule has 0 N–H and O–H groups in total. The van der Waals surface area contributed by atoms with E-state index in [0.717, 1.165) is 11.9 Å². The predicted octanol–water partition coefficient (Wildman–Crippen LogP) is 0.874. The first-order valence-corrected chi connectivity index (χ1v) is 3.26. The Morgan fingerprint density at radius 1 is 1.33 bits per heavy atom. The number of carbonyl (C=O) groups excluding carboxylic acids is 1. The van der Waals surface area contributed by atoms with Crippen molar-refractivity contribution in [3.05, 3.63) is 0 Å². The highest BCUT2D eigenvalue weighted by atomic mass is 19.4. The molecular weight excluding hydrogens is 173 g/mol. The molecule has 6 heteroatoms. The summed E-state index contributed by atoms with van der Waals surface area (Å²) in [6, 6.07) is 0. The SMILES string of the molecule is CC(=O)N(CC(F)(F)F)N(C)C. The van der Waals surface area contributed by atoms with Crippen molar-refractivity contribution in [3.8, 4) is 0 Å². The van der Waals surface area contributed by atoms with Crippen LogP contribution in [-0.2, 0) is 4.79 Å². The van der Waals surface area contributed by atoms with Gasteiger partial charge in [-0.1, -0.05) is 0 Å². The third-order valence-corrected chi connectivity index (χ3v) is 1.18. The Morgan fingerprint density at radius 2 is 1.75 bits per heavy atom. The Balaban J connectivity index is 4.25. The van der Waals surface area contributed by atoms with E-state index in [1.54, 1.807) is 0 Å². The van der Waals surface area contributed by atoms with E-state index in [4.69, 9.17) is 0 Å². The molecule has 0 heterocycles. The molecule has 0 aliphatic heterocycles. The van der Waals surface area contributed by atoms with E-state index in [2.05, 4.69) is 0 Å². The van der Waals surface area contributed by atoms with Crippen LogP contribution < -0.4 is 0 Å². The van der Waals surface area contributed by atoms with E-state index in [0.29, 0.717) is 5.01 Å². The van der Waals surface area contributed by atoms with Crippen LogP contribution in [0.15, 0.2) is 0 Å². The van der Waals surface area contributed by atoms with Gasteiger partial charge in [-0.15, -0.1) is 0 Å². The van der Waals surface area contributed by atoms with E-state index < -0.39 is 18.6 Å². The molecule has 0 aliphatic rings. The fourth-order valence-electron chi connectivity index (χ4n) is 0.704. The molecule has 12 heavy (non-hydrogen) atoms. The van der Waals surface area contributed by atoms with Crippen LogP contribution in [0.25, 0.3) is 0 Å². The minimum absolute atomic E-state index is 0.611. The molecule has 0 radical (unpaired) electrons. The number of nitrogens with zero attached hydrogens (tertiary/aromatic N) is 2. The Bertz CT molecular complexity index is 167. The highest BCUT2D eigenvalue weighted by Gasteiger charge is 2.32. The van der Waals surface area contributed by atoms with Gasteiger partial charge in [0.15, 0.2) is 0 Å². The number of halogens is 3. The summed E-state index contributed by atoms with van der Waals surface area (Å²) >= 11 is 0. The van der Waals surface area contributed by atoms with Gasteiger partial charge in [0.1, 0.15) is 6.54 Å². The Hall–Kier alpha value is -0.780. The zero-order valence-corrected chi connectivity index (χ0v) is 7.14. The lowest BCUT2D eigenvalue weighted by Crippen LogP contribution is -2.45. The van der Waals surface area contributed by atoms with Crippen LogP contribution in [0, 0.1) is 0 Å². The van der Waals surface area contributed by atoms with Crippen LogP contribution >= 0.6 is 0 Å². The van der Waals surface area contributed by atoms with Gasteiger partial charge >= 0.3 is 6.18 Å². The van der Waals surface area contributed by atoms with Crippen molar-refractivity contribution in [1.82, 2.24) is 10.0 Å². The Morgan fingerprint density at radius 3 is 1.83 bits per heavy atom. The van der Waals surface area contributed by atoms with Crippen LogP contribution in [0.4, 0.5) is 13.2 Å². The number of hydrazine groups is 1. The summed E-state index contributed by atoms with van der Waals surface area (Å²) in [5, 5.41) is 1.72. The second-order valence-electron chi connectivity index (χ2n) is 2.54. The van der Waals surface area contributed by atoms with Gasteiger partial charge < -0.3 is 0 Å². The second-order valence-corrected chi connectivity index (χ2v) is 2.54. The molecule has 0 spiro atoms. The Kier molecular flexibility index (Phi) is 3.51. The molecule has 0 fully saturated rings. The monoisotopic (exact) mass is 184 g/mol. The minimum atomic E-state index is -4.35. The molecule has 0 rings (SSSR count). The smallest absolute Gasteiger partial charge is 0.274 e. The molecule has 0 bridgehead atoms. The number of hydrogen-bond donors (Lipinski definition) is 0. The van der Waals surface area contributed by atoms with E-state index in [-0.39, 0.29) is 0 Å². The van der Waals surface area contributed by atoms with Crippen molar-refractivity contribution in [2.75, 3.05) is 20.6 Å². The van der Waals surface area contributed by atoms with Gasteiger partial charge in [0, 0.05) is 21.0 Å². The van der Waals surface area contributed by atoms with Crippen molar-refractivity contribution in [2.45, 2.75) is 13.1 Å². The van der Waals surface area contributed by atoms with Gasteiger partial charge in [-0.3, -0.25) is 9.80 Å². The predicted molar refractivity (Wildman–Crippen MR) is 37.1 cm³/mol. The van der Waals surface area contributed by atoms with Crippen molar-refractivity contribution in [1.29, 1.82) is 0 Å². The molecule has 0 saturated carbocycles. The third-order valence-electron chi connectivity index (χ3n) is 1.18. The van der Waals surface area contributed by atoms with Crippen LogP contribution in [-0.4, -0.2) is 42.7 Å². The van der Waals surface area contributed by atoms with Gasteiger partial charge in [0.25, 0.3) is 0 Å². The van der Waals surface area contributed by atoms with Crippen LogP contribution in [0.5, 0.6) is 0 Å². The maximum Gasteiger partial charge on any atom is 0.407 e. The summed E-state index contributed by atoms with van der Waals surface area (Å²) in [6.45, 7) is -0.152. The van der Waals surface area contributed by atoms with E-state index in [1.165, 1.54) is 14.1 Å². The molecule has 3 nitrogen and oxygen atoms in total. The summed E-state index contributed by atoms with van der Waals surface area (Å²) < 4.78 is 35.4. The highest BCUT2D eigenvalue weighted by molar-refractivity contribution is 5.72. The van der Waals surface area contributed by atoms with Crippen LogP contribution in [0.2, 0.25) is 0 Å². The quantitative estimate of drug-likeness (QED) is 0.594. The van der Waals surface area contributed by atoms with Gasteiger partial charge in [-0.05, 0) is 0 Å². The van der Waals surface area contributed by atoms with E-state index in [1.807, 2.05) is 0 Å². The van der Waals surface area contributed by atoms with Crippen molar-refractivity contribution in [2.24, 2.45) is 0 Å². The molecule has 0 aromatic rings. The number of alkyl halides is 3. The number of hydrogen-bond acceptors (Lipinski definition) is 2. The van der Waals surface area contributed by atoms with E-state index in [9.17, 15) is 18.0 Å². The summed E-state index contributed by atoms with van der Waals surface area (Å²) in [5.41, 5.74) is 0. The highest BCUT2D eigenvalue weighted by Crippen LogP contribution is 2.16. The molecule has 1 amide bonds. The second kappa shape index (κ2) is 3.75. The molecule has 0 saturated heterocycles. The van der Waals surface area contributed by atoms with Gasteiger partial charge in [-0.25, -0.2) is 5.01 Å². The van der Waals surface area contributed by atoms with E-state index >= 15 is 0 Å². The van der Waals surface area contributed by atoms with Gasteiger partial charge in [-0.2, -0.15) is 13.2 Å². The fraction of sp³-hybridized carbons (Fsp3) is 0.833. The lowest BCUT2D eigenvalue weighted by atomic mass is 10.5. The first-order chi connectivity index (χ1) is 5.24. The zero-order valence-electron chi connectivity index (χ0n) is 7.14. The summed E-state index contributed by atoms with van der Waals surface area (Å²) in [6.07, 6.45) is -4.35. The Labute approximate surface area is 68.7 Å². The largest absolute Gasteiger partial charge is 0.407 e. The summed E-state index contributed by atoms with van der Waals surface area (Å²) in [7, 11) is 2.76. The van der Waals surface area contributed by atoms with Crippen LogP contribution in [0.3, 0.4) is 0 Å². The standard InChI is InChI=1S/C6H11F3N2O/c1-5(12)11(10(2)3)4-6(7,8)9/h4H2,1-3H3. The minimum Gasteiger partial charge on any atom is -0.274 e. The summed E-state index contributed by atoms with van der Waals surface area (Å²) in [5.74, 6) is -0.627. The number of amides is 1. The summed E-state index contributed by atoms with van der Waals surface area (Å²) in [4.78, 5) is 10.6. The van der Waals surface area contributed by atoms with Crippen molar-refractivity contribution >= 4 is 5.91 Å². The average Bonchev–Trinajstić information content (AvgIpc) is 1.79. The molecule has 0 aliphatic carbocycles. The number of rotatable bonds is 2. The van der Waals surface area contributed by atoms with Gasteiger partial charge in [0.2, 0.25) is 5.91 Å². The molecule has 0 aromatic carbocycles. The molecule has 72 valence electrons. The first kappa shape index (κ1) is 11.2. The molecule has 0 unspecified atom stereocenters. The van der Waals surface area contributed by atoms with Gasteiger partial charge in [0.05, 0.1) is 0 Å².